The lowest BCUT2D eigenvalue weighted by atomic mass is 10.1. The van der Waals surface area contributed by atoms with Crippen molar-refractivity contribution in [1.82, 2.24) is 0 Å². The minimum Gasteiger partial charge on any atom is -0.478 e. The molecule has 0 radical (unpaired) electrons. The van der Waals surface area contributed by atoms with E-state index < -0.39 is 23.3 Å². The Hall–Kier alpha value is -2.34. The van der Waals surface area contributed by atoms with Crippen LogP contribution in [-0.2, 0) is 6.54 Å². The van der Waals surface area contributed by atoms with Crippen LogP contribution in [-0.4, -0.2) is 11.1 Å². The van der Waals surface area contributed by atoms with Crippen LogP contribution in [0.15, 0.2) is 30.3 Å². The highest BCUT2D eigenvalue weighted by Gasteiger charge is 2.17. The van der Waals surface area contributed by atoms with Gasteiger partial charge in [-0.2, -0.15) is 0 Å². The Morgan fingerprint density at radius 3 is 2.52 bits per heavy atom. The Balaban J connectivity index is 2.26. The molecule has 110 valence electrons. The number of carbonyl (C=O) groups is 1. The summed E-state index contributed by atoms with van der Waals surface area (Å²) in [4.78, 5) is 11.1. The highest BCUT2D eigenvalue weighted by Crippen LogP contribution is 2.26. The fraction of sp³-hybridized carbons (Fsp3) is 0.0714. The molecule has 4 N–H and O–H groups in total. The number of nitrogens with one attached hydrogen (secondary N) is 1. The van der Waals surface area contributed by atoms with Gasteiger partial charge in [-0.1, -0.05) is 17.7 Å². The molecular formula is C14H11ClF2N2O2. The fourth-order valence-corrected chi connectivity index (χ4v) is 2.02. The van der Waals surface area contributed by atoms with Gasteiger partial charge in [-0.05, 0) is 29.8 Å². The predicted molar refractivity (Wildman–Crippen MR) is 76.5 cm³/mol. The van der Waals surface area contributed by atoms with Crippen LogP contribution in [0.1, 0.15) is 15.9 Å². The maximum absolute atomic E-state index is 13.3. The number of hydrogen-bond donors (Lipinski definition) is 3. The van der Waals surface area contributed by atoms with Gasteiger partial charge in [0.05, 0.1) is 16.4 Å². The average Bonchev–Trinajstić information content (AvgIpc) is 2.43. The Labute approximate surface area is 124 Å². The highest BCUT2D eigenvalue weighted by atomic mass is 35.5. The first kappa shape index (κ1) is 15.1. The zero-order valence-corrected chi connectivity index (χ0v) is 11.4. The zero-order valence-electron chi connectivity index (χ0n) is 10.7. The van der Waals surface area contributed by atoms with E-state index in [9.17, 15) is 13.6 Å². The second-order valence-corrected chi connectivity index (χ2v) is 4.70. The molecule has 0 unspecified atom stereocenters. The molecule has 0 aliphatic rings. The molecule has 21 heavy (non-hydrogen) atoms. The number of benzene rings is 2. The van der Waals surface area contributed by atoms with Crippen molar-refractivity contribution in [3.63, 3.8) is 0 Å². The molecule has 0 bridgehead atoms. The lowest BCUT2D eigenvalue weighted by Crippen LogP contribution is -2.10. The normalized spacial score (nSPS) is 10.4. The van der Waals surface area contributed by atoms with Crippen LogP contribution in [0.5, 0.6) is 0 Å². The van der Waals surface area contributed by atoms with Crippen molar-refractivity contribution in [1.29, 1.82) is 0 Å². The minimum atomic E-state index is -1.34. The van der Waals surface area contributed by atoms with E-state index in [4.69, 9.17) is 22.4 Å². The number of carboxylic acids is 1. The van der Waals surface area contributed by atoms with Gasteiger partial charge >= 0.3 is 5.97 Å². The summed E-state index contributed by atoms with van der Waals surface area (Å²) >= 11 is 5.66. The van der Waals surface area contributed by atoms with E-state index in [1.807, 2.05) is 0 Å². The fourth-order valence-electron chi connectivity index (χ4n) is 1.82. The third-order valence-corrected chi connectivity index (χ3v) is 3.16. The Morgan fingerprint density at radius 1 is 1.24 bits per heavy atom. The molecule has 0 aliphatic heterocycles. The summed E-state index contributed by atoms with van der Waals surface area (Å²) in [5.74, 6) is -2.69. The van der Waals surface area contributed by atoms with E-state index in [-0.39, 0.29) is 22.8 Å². The van der Waals surface area contributed by atoms with Gasteiger partial charge in [0.2, 0.25) is 0 Å². The first-order chi connectivity index (χ1) is 9.90. The van der Waals surface area contributed by atoms with Crippen molar-refractivity contribution in [2.24, 2.45) is 0 Å². The van der Waals surface area contributed by atoms with Crippen molar-refractivity contribution in [3.8, 4) is 0 Å². The van der Waals surface area contributed by atoms with E-state index in [1.54, 1.807) is 0 Å². The lowest BCUT2D eigenvalue weighted by molar-refractivity contribution is 0.0698. The Morgan fingerprint density at radius 2 is 1.90 bits per heavy atom. The molecule has 0 saturated heterocycles. The summed E-state index contributed by atoms with van der Waals surface area (Å²) in [6.07, 6.45) is 0. The summed E-state index contributed by atoms with van der Waals surface area (Å²) in [7, 11) is 0. The molecule has 0 amide bonds. The van der Waals surface area contributed by atoms with Crippen LogP contribution in [0, 0.1) is 11.6 Å². The van der Waals surface area contributed by atoms with Crippen LogP contribution < -0.4 is 11.1 Å². The molecule has 2 aromatic rings. The van der Waals surface area contributed by atoms with Crippen molar-refractivity contribution in [3.05, 3.63) is 58.1 Å². The third kappa shape index (κ3) is 3.22. The SMILES string of the molecule is Nc1c(F)ccc(NCc2ccc(F)c(Cl)c2)c1C(=O)O. The monoisotopic (exact) mass is 312 g/mol. The second kappa shape index (κ2) is 5.97. The van der Waals surface area contributed by atoms with Crippen molar-refractivity contribution < 1.29 is 18.7 Å². The van der Waals surface area contributed by atoms with E-state index in [0.29, 0.717) is 5.56 Å². The molecule has 7 heteroatoms. The lowest BCUT2D eigenvalue weighted by Gasteiger charge is -2.12. The maximum atomic E-state index is 13.3. The summed E-state index contributed by atoms with van der Waals surface area (Å²) in [5, 5.41) is 11.9. The summed E-state index contributed by atoms with van der Waals surface area (Å²) in [6.45, 7) is 0.186. The first-order valence-electron chi connectivity index (χ1n) is 5.89. The van der Waals surface area contributed by atoms with E-state index in [0.717, 1.165) is 6.07 Å². The third-order valence-electron chi connectivity index (χ3n) is 2.87. The number of halogens is 3. The molecule has 0 aromatic heterocycles. The van der Waals surface area contributed by atoms with Gasteiger partial charge in [0.1, 0.15) is 17.2 Å². The minimum absolute atomic E-state index is 0.0358. The van der Waals surface area contributed by atoms with Crippen molar-refractivity contribution in [2.75, 3.05) is 11.1 Å². The highest BCUT2D eigenvalue weighted by molar-refractivity contribution is 6.30. The molecule has 0 fully saturated rings. The number of nitrogens with two attached hydrogens (primary N) is 1. The largest absolute Gasteiger partial charge is 0.478 e. The van der Waals surface area contributed by atoms with E-state index >= 15 is 0 Å². The molecule has 0 aliphatic carbocycles. The molecule has 0 heterocycles. The summed E-state index contributed by atoms with van der Waals surface area (Å²) in [5.41, 5.74) is 5.45. The van der Waals surface area contributed by atoms with Crippen LogP contribution in [0.3, 0.4) is 0 Å². The summed E-state index contributed by atoms with van der Waals surface area (Å²) < 4.78 is 26.3. The smallest absolute Gasteiger partial charge is 0.340 e. The van der Waals surface area contributed by atoms with Crippen LogP contribution in [0.4, 0.5) is 20.2 Å². The Bertz CT molecular complexity index is 708. The van der Waals surface area contributed by atoms with Gasteiger partial charge in [-0.3, -0.25) is 0 Å². The zero-order chi connectivity index (χ0) is 15.6. The number of aromatic carboxylic acids is 1. The quantitative estimate of drug-likeness (QED) is 0.755. The van der Waals surface area contributed by atoms with Gasteiger partial charge < -0.3 is 16.2 Å². The van der Waals surface area contributed by atoms with Gasteiger partial charge in [0, 0.05) is 6.54 Å². The molecule has 2 aromatic carbocycles. The second-order valence-electron chi connectivity index (χ2n) is 4.29. The number of rotatable bonds is 4. The maximum Gasteiger partial charge on any atom is 0.340 e. The molecular weight excluding hydrogens is 302 g/mol. The molecule has 2 rings (SSSR count). The number of carboxylic acid groups (broad SMARTS) is 1. The van der Waals surface area contributed by atoms with E-state index in [2.05, 4.69) is 5.32 Å². The number of nitrogen functional groups attached to an aromatic ring is 1. The van der Waals surface area contributed by atoms with E-state index in [1.165, 1.54) is 24.3 Å². The summed E-state index contributed by atoms with van der Waals surface area (Å²) in [6, 6.07) is 6.47. The Kier molecular flexibility index (Phi) is 4.28. The predicted octanol–water partition coefficient (Wildman–Crippen LogP) is 3.51. The molecule has 0 saturated carbocycles. The van der Waals surface area contributed by atoms with Crippen molar-refractivity contribution in [2.45, 2.75) is 6.54 Å². The standard InChI is InChI=1S/C14H11ClF2N2O2/c15-8-5-7(1-2-9(8)16)6-19-11-4-3-10(17)13(18)12(11)14(20)21/h1-5,19H,6,18H2,(H,20,21). The van der Waals surface area contributed by atoms with Gasteiger partial charge in [0.15, 0.2) is 0 Å². The van der Waals surface area contributed by atoms with Crippen molar-refractivity contribution >= 4 is 28.9 Å². The van der Waals surface area contributed by atoms with Crippen LogP contribution in [0.2, 0.25) is 5.02 Å². The molecule has 0 atom stereocenters. The average molecular weight is 313 g/mol. The van der Waals surface area contributed by atoms with Gasteiger partial charge in [0.25, 0.3) is 0 Å². The first-order valence-corrected chi connectivity index (χ1v) is 6.27. The van der Waals surface area contributed by atoms with Gasteiger partial charge in [-0.15, -0.1) is 0 Å². The molecule has 4 nitrogen and oxygen atoms in total. The van der Waals surface area contributed by atoms with Gasteiger partial charge in [-0.25, -0.2) is 13.6 Å². The number of anilines is 2. The van der Waals surface area contributed by atoms with Crippen LogP contribution in [0.25, 0.3) is 0 Å². The topological polar surface area (TPSA) is 75.3 Å². The molecule has 0 spiro atoms. The van der Waals surface area contributed by atoms with Crippen LogP contribution >= 0.6 is 11.6 Å². The number of hydrogen-bond acceptors (Lipinski definition) is 3.